The molecule has 6 heteroatoms. The van der Waals surface area contributed by atoms with Crippen LogP contribution >= 0.6 is 11.8 Å². The lowest BCUT2D eigenvalue weighted by molar-refractivity contribution is -0.117. The van der Waals surface area contributed by atoms with Crippen molar-refractivity contribution >= 4 is 40.1 Å². The van der Waals surface area contributed by atoms with Gasteiger partial charge >= 0.3 is 0 Å². The number of carbonyl (C=O) groups excluding carboxylic acids is 1. The highest BCUT2D eigenvalue weighted by molar-refractivity contribution is 8.00. The summed E-state index contributed by atoms with van der Waals surface area (Å²) in [4.78, 5) is 24.4. The van der Waals surface area contributed by atoms with Crippen LogP contribution in [0.15, 0.2) is 53.7 Å². The molecule has 1 atom stereocenters. The van der Waals surface area contributed by atoms with Gasteiger partial charge in [-0.1, -0.05) is 42.1 Å². The lowest BCUT2D eigenvalue weighted by Gasteiger charge is -2.21. The van der Waals surface area contributed by atoms with E-state index in [2.05, 4.69) is 11.4 Å². The second-order valence-electron chi connectivity index (χ2n) is 7.42. The van der Waals surface area contributed by atoms with Gasteiger partial charge in [-0.25, -0.2) is 9.97 Å². The maximum atomic E-state index is 13.1. The topological polar surface area (TPSA) is 58.1 Å². The van der Waals surface area contributed by atoms with Gasteiger partial charge in [0.25, 0.3) is 0 Å². The minimum Gasteiger partial charge on any atom is -0.367 e. The molecule has 2 aromatic carbocycles. The van der Waals surface area contributed by atoms with E-state index in [1.165, 1.54) is 30.2 Å². The summed E-state index contributed by atoms with van der Waals surface area (Å²) in [6, 6.07) is 16.7. The van der Waals surface area contributed by atoms with E-state index < -0.39 is 0 Å². The van der Waals surface area contributed by atoms with Gasteiger partial charge in [-0.2, -0.15) is 0 Å². The van der Waals surface area contributed by atoms with Crippen molar-refractivity contribution in [1.29, 1.82) is 0 Å². The molecule has 142 valence electrons. The molecule has 1 N–H and O–H groups in total. The van der Waals surface area contributed by atoms with Gasteiger partial charge in [0.2, 0.25) is 5.91 Å². The summed E-state index contributed by atoms with van der Waals surface area (Å²) in [5.41, 5.74) is 3.19. The molecule has 1 amide bonds. The number of fused-ring (bicyclic) bond motifs is 2. The highest BCUT2D eigenvalue weighted by Gasteiger charge is 2.29. The van der Waals surface area contributed by atoms with Crippen LogP contribution in [0.1, 0.15) is 25.3 Å². The Balaban J connectivity index is 1.39. The lowest BCUT2D eigenvalue weighted by Crippen LogP contribution is -2.35. The van der Waals surface area contributed by atoms with E-state index in [1.54, 1.807) is 0 Å². The number of anilines is 2. The van der Waals surface area contributed by atoms with Gasteiger partial charge in [-0.15, -0.1) is 0 Å². The molecule has 0 radical (unpaired) electrons. The van der Waals surface area contributed by atoms with Crippen LogP contribution in [0.25, 0.3) is 10.9 Å². The van der Waals surface area contributed by atoms with E-state index in [0.717, 1.165) is 35.4 Å². The zero-order valence-corrected chi connectivity index (χ0v) is 16.6. The van der Waals surface area contributed by atoms with Crippen LogP contribution in [0.2, 0.25) is 0 Å². The minimum absolute atomic E-state index is 0.114. The van der Waals surface area contributed by atoms with Crippen LogP contribution in [-0.2, 0) is 11.2 Å². The summed E-state index contributed by atoms with van der Waals surface area (Å²) >= 11 is 1.44. The molecule has 5 rings (SSSR count). The predicted molar refractivity (Wildman–Crippen MR) is 114 cm³/mol. The maximum Gasteiger partial charge on any atom is 0.240 e. The molecule has 0 saturated heterocycles. The van der Waals surface area contributed by atoms with Crippen molar-refractivity contribution in [3.05, 3.63) is 54.1 Å². The van der Waals surface area contributed by atoms with Crippen molar-refractivity contribution in [3.63, 3.8) is 0 Å². The molecule has 2 aliphatic rings. The predicted octanol–water partition coefficient (Wildman–Crippen LogP) is 4.27. The molecule has 1 aromatic heterocycles. The Bertz CT molecular complexity index is 1050. The largest absolute Gasteiger partial charge is 0.367 e. The van der Waals surface area contributed by atoms with Crippen LogP contribution in [0.3, 0.4) is 0 Å². The first-order chi connectivity index (χ1) is 13.7. The lowest BCUT2D eigenvalue weighted by atomic mass is 10.2. The van der Waals surface area contributed by atoms with Gasteiger partial charge < -0.3 is 10.2 Å². The molecule has 0 bridgehead atoms. The number of benzene rings is 2. The number of rotatable bonds is 5. The molecule has 1 fully saturated rings. The van der Waals surface area contributed by atoms with Crippen molar-refractivity contribution < 1.29 is 4.79 Å². The number of thioether (sulfide) groups is 1. The standard InChI is InChI=1S/C22H22N4OS/c1-14(21(27)26-13-12-15-6-2-5-9-19(15)26)28-22-24-18-8-4-3-7-17(18)20(25-22)23-16-10-11-16/h2-9,14,16H,10-13H2,1H3,(H,23,24,25)/t14-/m1/s1. The average Bonchev–Trinajstić information content (AvgIpc) is 3.43. The van der Waals surface area contributed by atoms with Crippen LogP contribution in [-0.4, -0.2) is 33.7 Å². The summed E-state index contributed by atoms with van der Waals surface area (Å²) in [5.74, 6) is 0.991. The third-order valence-corrected chi connectivity index (χ3v) is 6.23. The first-order valence-corrected chi connectivity index (χ1v) is 10.7. The normalized spacial score (nSPS) is 16.8. The molecule has 0 spiro atoms. The van der Waals surface area contributed by atoms with E-state index in [4.69, 9.17) is 9.97 Å². The third kappa shape index (κ3) is 3.33. The Morgan fingerprint density at radius 1 is 1.14 bits per heavy atom. The number of para-hydroxylation sites is 2. The van der Waals surface area contributed by atoms with E-state index in [1.807, 2.05) is 54.3 Å². The number of carbonyl (C=O) groups is 1. The first kappa shape index (κ1) is 17.5. The Labute approximate surface area is 168 Å². The van der Waals surface area contributed by atoms with Crippen molar-refractivity contribution in [2.75, 3.05) is 16.8 Å². The maximum absolute atomic E-state index is 13.1. The fraction of sp³-hybridized carbons (Fsp3) is 0.318. The monoisotopic (exact) mass is 390 g/mol. The third-order valence-electron chi connectivity index (χ3n) is 5.28. The van der Waals surface area contributed by atoms with E-state index in [9.17, 15) is 4.79 Å². The Hall–Kier alpha value is -2.60. The second-order valence-corrected chi connectivity index (χ2v) is 8.73. The summed E-state index contributed by atoms with van der Waals surface area (Å²) < 4.78 is 0. The SMILES string of the molecule is C[C@@H](Sc1nc(NC2CC2)c2ccccc2n1)C(=O)N1CCc2ccccc21. The smallest absolute Gasteiger partial charge is 0.240 e. The van der Waals surface area contributed by atoms with Crippen LogP contribution in [0.5, 0.6) is 0 Å². The molecule has 1 aliphatic carbocycles. The Kier molecular flexibility index (Phi) is 4.43. The summed E-state index contributed by atoms with van der Waals surface area (Å²) in [6.45, 7) is 2.69. The fourth-order valence-corrected chi connectivity index (χ4v) is 4.47. The molecule has 2 heterocycles. The van der Waals surface area contributed by atoms with E-state index in [0.29, 0.717) is 11.2 Å². The fourth-order valence-electron chi connectivity index (χ4n) is 3.63. The second kappa shape index (κ2) is 7.09. The molecule has 0 unspecified atom stereocenters. The summed E-state index contributed by atoms with van der Waals surface area (Å²) in [5, 5.41) is 4.94. The number of hydrogen-bond acceptors (Lipinski definition) is 5. The van der Waals surface area contributed by atoms with Gasteiger partial charge in [0.1, 0.15) is 5.82 Å². The highest BCUT2D eigenvalue weighted by atomic mass is 32.2. The number of nitrogens with one attached hydrogen (secondary N) is 1. The van der Waals surface area contributed by atoms with Gasteiger partial charge in [0, 0.05) is 23.7 Å². The van der Waals surface area contributed by atoms with Crippen molar-refractivity contribution in [3.8, 4) is 0 Å². The molecule has 28 heavy (non-hydrogen) atoms. The highest BCUT2D eigenvalue weighted by Crippen LogP contribution is 2.33. The zero-order valence-electron chi connectivity index (χ0n) is 15.8. The van der Waals surface area contributed by atoms with Crippen molar-refractivity contribution in [2.24, 2.45) is 0 Å². The number of hydrogen-bond donors (Lipinski definition) is 1. The van der Waals surface area contributed by atoms with Crippen LogP contribution < -0.4 is 10.2 Å². The first-order valence-electron chi connectivity index (χ1n) is 9.78. The number of amides is 1. The molecular formula is C22H22N4OS. The quantitative estimate of drug-likeness (QED) is 0.521. The van der Waals surface area contributed by atoms with Gasteiger partial charge in [-0.05, 0) is 49.9 Å². The number of nitrogens with zero attached hydrogens (tertiary/aromatic N) is 3. The van der Waals surface area contributed by atoms with Crippen LogP contribution in [0.4, 0.5) is 11.5 Å². The summed E-state index contributed by atoms with van der Waals surface area (Å²) in [7, 11) is 0. The Morgan fingerprint density at radius 2 is 1.93 bits per heavy atom. The van der Waals surface area contributed by atoms with Crippen LogP contribution in [0, 0.1) is 0 Å². The van der Waals surface area contributed by atoms with E-state index in [-0.39, 0.29) is 11.2 Å². The molecule has 5 nitrogen and oxygen atoms in total. The van der Waals surface area contributed by atoms with E-state index >= 15 is 0 Å². The molecule has 3 aromatic rings. The van der Waals surface area contributed by atoms with Gasteiger partial charge in [0.15, 0.2) is 5.16 Å². The summed E-state index contributed by atoms with van der Waals surface area (Å²) in [6.07, 6.45) is 3.29. The minimum atomic E-state index is -0.249. The molecule has 1 aliphatic heterocycles. The van der Waals surface area contributed by atoms with Crippen molar-refractivity contribution in [2.45, 2.75) is 42.6 Å². The zero-order chi connectivity index (χ0) is 19.1. The van der Waals surface area contributed by atoms with Gasteiger partial charge in [-0.3, -0.25) is 4.79 Å². The Morgan fingerprint density at radius 3 is 2.79 bits per heavy atom. The van der Waals surface area contributed by atoms with Crippen molar-refractivity contribution in [1.82, 2.24) is 9.97 Å². The number of aromatic nitrogens is 2. The molecular weight excluding hydrogens is 368 g/mol. The van der Waals surface area contributed by atoms with Gasteiger partial charge in [0.05, 0.1) is 10.8 Å². The average molecular weight is 391 g/mol. The molecule has 1 saturated carbocycles.